The molecule has 0 aliphatic heterocycles. The Morgan fingerprint density at radius 1 is 1.44 bits per heavy atom. The van der Waals surface area contributed by atoms with Crippen LogP contribution in [0.15, 0.2) is 47.2 Å². The molecule has 1 aromatic carbocycles. The molecule has 0 aromatic heterocycles. The number of carbonyl (C=O) groups is 1. The molecule has 3 N–H and O–H groups in total. The number of carbonyl (C=O) groups excluding carboxylic acids is 1. The maximum Gasteiger partial charge on any atom is 0.490 e. The molecule has 18 heavy (non-hydrogen) atoms. The van der Waals surface area contributed by atoms with Gasteiger partial charge in [-0.2, -0.15) is 0 Å². The van der Waals surface area contributed by atoms with Gasteiger partial charge in [-0.25, -0.2) is 0 Å². The first-order chi connectivity index (χ1) is 8.60. The Morgan fingerprint density at radius 3 is 2.67 bits per heavy atom. The van der Waals surface area contributed by atoms with Crippen LogP contribution in [0.5, 0.6) is 0 Å². The van der Waals surface area contributed by atoms with Gasteiger partial charge in [-0.05, 0) is 18.4 Å². The Kier molecular flexibility index (Phi) is 5.71. The van der Waals surface area contributed by atoms with Crippen molar-refractivity contribution in [2.24, 2.45) is 0 Å². The highest BCUT2D eigenvalue weighted by Gasteiger charge is 2.17. The maximum absolute atomic E-state index is 11.9. The maximum atomic E-state index is 11.9. The van der Waals surface area contributed by atoms with Gasteiger partial charge in [-0.15, -0.1) is 0 Å². The fraction of sp³-hybridized carbons (Fsp3) is 0.0833. The molecule has 0 spiro atoms. The van der Waals surface area contributed by atoms with Gasteiger partial charge in [0.1, 0.15) is 0 Å². The number of allylic oxidation sites excluding steroid dienone is 1. The molecule has 0 fully saturated rings. The lowest BCUT2D eigenvalue weighted by Crippen LogP contribution is -2.33. The van der Waals surface area contributed by atoms with Gasteiger partial charge in [0, 0.05) is 11.2 Å². The van der Waals surface area contributed by atoms with E-state index in [1.807, 2.05) is 0 Å². The number of amides is 1. The van der Waals surface area contributed by atoms with Gasteiger partial charge in [0.15, 0.2) is 0 Å². The molecule has 0 atom stereocenters. The minimum atomic E-state index is -1.62. The first-order valence-corrected chi connectivity index (χ1v) is 6.18. The number of thioether (sulfide) groups is 1. The lowest BCUT2D eigenvalue weighted by Gasteiger charge is -2.11. The zero-order valence-corrected chi connectivity index (χ0v) is 10.8. The molecule has 1 rings (SSSR count). The predicted octanol–water partition coefficient (Wildman–Crippen LogP) is 1.09. The topological polar surface area (TPSA) is 69.6 Å². The van der Waals surface area contributed by atoms with Gasteiger partial charge >= 0.3 is 7.12 Å². The van der Waals surface area contributed by atoms with Crippen molar-refractivity contribution < 1.29 is 14.8 Å². The van der Waals surface area contributed by atoms with E-state index < -0.39 is 7.12 Å². The predicted molar refractivity (Wildman–Crippen MR) is 76.4 cm³/mol. The van der Waals surface area contributed by atoms with E-state index in [9.17, 15) is 14.8 Å². The van der Waals surface area contributed by atoms with Crippen LogP contribution in [0.3, 0.4) is 0 Å². The van der Waals surface area contributed by atoms with E-state index in [1.165, 1.54) is 17.8 Å². The van der Waals surface area contributed by atoms with Gasteiger partial charge in [-0.3, -0.25) is 4.79 Å². The zero-order chi connectivity index (χ0) is 13.5. The van der Waals surface area contributed by atoms with Crippen LogP contribution >= 0.6 is 11.8 Å². The number of anilines is 1. The largest absolute Gasteiger partial charge is 0.490 e. The molecule has 0 saturated heterocycles. The number of rotatable bonds is 5. The highest BCUT2D eigenvalue weighted by Crippen LogP contribution is 2.18. The first kappa shape index (κ1) is 14.6. The SMILES string of the molecule is C=CS/C(=C/C)C(=O)Nc1ccccc1B(O)O. The third kappa shape index (κ3) is 3.77. The standard InChI is InChI=1S/C12H14BNO3S/c1-3-11(18-4-2)12(15)14-10-8-6-5-7-9(10)13(16)17/h3-8,16-17H,2H2,1H3,(H,14,15)/b11-3+. The highest BCUT2D eigenvalue weighted by atomic mass is 32.2. The third-order valence-corrected chi connectivity index (χ3v) is 3.03. The summed E-state index contributed by atoms with van der Waals surface area (Å²) < 4.78 is 0. The van der Waals surface area contributed by atoms with E-state index in [0.717, 1.165) is 0 Å². The van der Waals surface area contributed by atoms with Crippen molar-refractivity contribution in [1.82, 2.24) is 0 Å². The van der Waals surface area contributed by atoms with Crippen molar-refractivity contribution in [1.29, 1.82) is 0 Å². The van der Waals surface area contributed by atoms with E-state index in [4.69, 9.17) is 0 Å². The molecule has 0 saturated carbocycles. The Bertz CT molecular complexity index is 474. The van der Waals surface area contributed by atoms with Crippen LogP contribution in [0.4, 0.5) is 5.69 Å². The Hall–Kier alpha value is -1.50. The van der Waals surface area contributed by atoms with Crippen LogP contribution in [0, 0.1) is 0 Å². The van der Waals surface area contributed by atoms with Crippen molar-refractivity contribution in [3.05, 3.63) is 47.2 Å². The molecule has 0 aliphatic rings. The number of nitrogens with one attached hydrogen (secondary N) is 1. The molecule has 0 unspecified atom stereocenters. The minimum absolute atomic E-state index is 0.255. The van der Waals surface area contributed by atoms with Crippen LogP contribution < -0.4 is 10.8 Å². The van der Waals surface area contributed by atoms with Crippen LogP contribution in [0.25, 0.3) is 0 Å². The van der Waals surface area contributed by atoms with Crippen molar-refractivity contribution in [3.63, 3.8) is 0 Å². The summed E-state index contributed by atoms with van der Waals surface area (Å²) in [7, 11) is -1.62. The van der Waals surface area contributed by atoms with Crippen LogP contribution in [0.2, 0.25) is 0 Å². The van der Waals surface area contributed by atoms with Crippen LogP contribution in [0.1, 0.15) is 6.92 Å². The third-order valence-electron chi connectivity index (χ3n) is 2.18. The fourth-order valence-corrected chi connectivity index (χ4v) is 1.84. The zero-order valence-electron chi connectivity index (χ0n) is 9.96. The second kappa shape index (κ2) is 7.05. The number of para-hydroxylation sites is 1. The van der Waals surface area contributed by atoms with Crippen molar-refractivity contribution in [2.45, 2.75) is 6.92 Å². The summed E-state index contributed by atoms with van der Waals surface area (Å²) in [6.45, 7) is 5.29. The fourth-order valence-electron chi connectivity index (χ4n) is 1.36. The normalized spacial score (nSPS) is 10.9. The summed E-state index contributed by atoms with van der Waals surface area (Å²) in [4.78, 5) is 12.4. The van der Waals surface area contributed by atoms with Crippen LogP contribution in [-0.2, 0) is 4.79 Å². The lowest BCUT2D eigenvalue weighted by atomic mass is 9.79. The van der Waals surface area contributed by atoms with Crippen molar-refractivity contribution in [2.75, 3.05) is 5.32 Å². The van der Waals surface area contributed by atoms with E-state index in [1.54, 1.807) is 36.6 Å². The van der Waals surface area contributed by atoms with Crippen molar-refractivity contribution >= 4 is 35.9 Å². The molecule has 94 valence electrons. The molecule has 0 radical (unpaired) electrons. The van der Waals surface area contributed by atoms with Gasteiger partial charge in [0.2, 0.25) is 0 Å². The second-order valence-corrected chi connectivity index (χ2v) is 4.36. The highest BCUT2D eigenvalue weighted by molar-refractivity contribution is 8.06. The summed E-state index contributed by atoms with van der Waals surface area (Å²) in [5, 5.41) is 22.6. The Balaban J connectivity index is 2.91. The number of hydrogen-bond acceptors (Lipinski definition) is 4. The molecule has 1 amide bonds. The Labute approximate surface area is 111 Å². The average molecular weight is 263 g/mol. The first-order valence-electron chi connectivity index (χ1n) is 5.30. The van der Waals surface area contributed by atoms with E-state index in [-0.39, 0.29) is 11.4 Å². The summed E-state index contributed by atoms with van der Waals surface area (Å²) in [6.07, 6.45) is 1.67. The molecule has 4 nitrogen and oxygen atoms in total. The summed E-state index contributed by atoms with van der Waals surface area (Å²) in [6, 6.07) is 6.52. The van der Waals surface area contributed by atoms with Gasteiger partial charge in [-0.1, -0.05) is 42.6 Å². The molecule has 6 heteroatoms. The number of benzene rings is 1. The van der Waals surface area contributed by atoms with Crippen molar-refractivity contribution in [3.8, 4) is 0 Å². The average Bonchev–Trinajstić information content (AvgIpc) is 2.36. The van der Waals surface area contributed by atoms with E-state index in [2.05, 4.69) is 11.9 Å². The molecular weight excluding hydrogens is 249 g/mol. The van der Waals surface area contributed by atoms with Gasteiger partial charge in [0.05, 0.1) is 4.91 Å². The lowest BCUT2D eigenvalue weighted by molar-refractivity contribution is -0.112. The summed E-state index contributed by atoms with van der Waals surface area (Å²) in [5.41, 5.74) is 0.631. The molecular formula is C12H14BNO3S. The molecule has 0 bridgehead atoms. The summed E-state index contributed by atoms with van der Waals surface area (Å²) >= 11 is 1.21. The van der Waals surface area contributed by atoms with E-state index >= 15 is 0 Å². The quantitative estimate of drug-likeness (QED) is 0.549. The number of hydrogen-bond donors (Lipinski definition) is 3. The smallest absolute Gasteiger partial charge is 0.423 e. The second-order valence-electron chi connectivity index (χ2n) is 3.35. The van der Waals surface area contributed by atoms with Gasteiger partial charge in [0.25, 0.3) is 5.91 Å². The van der Waals surface area contributed by atoms with Crippen LogP contribution in [-0.4, -0.2) is 23.1 Å². The minimum Gasteiger partial charge on any atom is -0.423 e. The van der Waals surface area contributed by atoms with E-state index in [0.29, 0.717) is 10.6 Å². The molecule has 1 aromatic rings. The van der Waals surface area contributed by atoms with Gasteiger partial charge < -0.3 is 15.4 Å². The Morgan fingerprint density at radius 2 is 2.11 bits per heavy atom. The molecule has 0 heterocycles. The monoisotopic (exact) mass is 263 g/mol. The summed E-state index contributed by atoms with van der Waals surface area (Å²) in [5.74, 6) is -0.310. The molecule has 0 aliphatic carbocycles.